The highest BCUT2D eigenvalue weighted by Gasteiger charge is 2.09. The van der Waals surface area contributed by atoms with Crippen LogP contribution in [0, 0.1) is 12.3 Å². The molecule has 0 aliphatic heterocycles. The molecule has 0 aliphatic rings. The van der Waals surface area contributed by atoms with E-state index < -0.39 is 0 Å². The number of hydrogen-bond acceptors (Lipinski definition) is 2. The van der Waals surface area contributed by atoms with Gasteiger partial charge in [-0.3, -0.25) is 9.78 Å². The molecule has 0 aromatic carbocycles. The number of nitrogens with zero attached hydrogens (tertiary/aromatic N) is 1. The average molecular weight is 216 g/mol. The first kappa shape index (κ1) is 12.3. The maximum Gasteiger partial charge on any atom is 0.224 e. The van der Waals surface area contributed by atoms with Gasteiger partial charge in [-0.1, -0.05) is 13.0 Å². The van der Waals surface area contributed by atoms with Crippen molar-refractivity contribution in [1.82, 2.24) is 10.3 Å². The van der Waals surface area contributed by atoms with Gasteiger partial charge in [-0.15, -0.1) is 12.3 Å². The fourth-order valence-electron chi connectivity index (χ4n) is 1.41. The van der Waals surface area contributed by atoms with Crippen LogP contribution in [0.1, 0.15) is 25.3 Å². The SMILES string of the molecule is C#CCC(CC)NC(=O)Cc1cccnc1. The molecule has 1 heterocycles. The van der Waals surface area contributed by atoms with Crippen molar-refractivity contribution in [2.45, 2.75) is 32.2 Å². The fourth-order valence-corrected chi connectivity index (χ4v) is 1.41. The predicted octanol–water partition coefficient (Wildman–Crippen LogP) is 1.54. The largest absolute Gasteiger partial charge is 0.352 e. The molecule has 1 aromatic rings. The zero-order chi connectivity index (χ0) is 11.8. The molecule has 1 amide bonds. The number of terminal acetylenes is 1. The van der Waals surface area contributed by atoms with Gasteiger partial charge >= 0.3 is 0 Å². The van der Waals surface area contributed by atoms with E-state index in [1.54, 1.807) is 12.4 Å². The Bertz CT molecular complexity index is 367. The van der Waals surface area contributed by atoms with Gasteiger partial charge in [-0.05, 0) is 18.1 Å². The molecule has 3 nitrogen and oxygen atoms in total. The number of carbonyl (C=O) groups excluding carboxylic acids is 1. The Hall–Kier alpha value is -1.82. The van der Waals surface area contributed by atoms with Crippen LogP contribution in [0.5, 0.6) is 0 Å². The Kier molecular flexibility index (Phi) is 5.07. The molecule has 1 atom stereocenters. The summed E-state index contributed by atoms with van der Waals surface area (Å²) in [7, 11) is 0. The van der Waals surface area contributed by atoms with Crippen molar-refractivity contribution in [3.63, 3.8) is 0 Å². The van der Waals surface area contributed by atoms with Crippen molar-refractivity contribution < 1.29 is 4.79 Å². The van der Waals surface area contributed by atoms with Gasteiger partial charge in [0.25, 0.3) is 0 Å². The number of rotatable bonds is 5. The number of nitrogens with one attached hydrogen (secondary N) is 1. The van der Waals surface area contributed by atoms with Gasteiger partial charge in [-0.2, -0.15) is 0 Å². The summed E-state index contributed by atoms with van der Waals surface area (Å²) in [6.07, 6.45) is 10.4. The number of pyridine rings is 1. The standard InChI is InChI=1S/C13H16N2O/c1-3-6-12(4-2)15-13(16)9-11-7-5-8-14-10-11/h1,5,7-8,10,12H,4,6,9H2,2H3,(H,15,16). The van der Waals surface area contributed by atoms with E-state index in [1.165, 1.54) is 0 Å². The van der Waals surface area contributed by atoms with E-state index in [-0.39, 0.29) is 11.9 Å². The van der Waals surface area contributed by atoms with E-state index >= 15 is 0 Å². The van der Waals surface area contributed by atoms with Crippen LogP contribution in [0.25, 0.3) is 0 Å². The zero-order valence-corrected chi connectivity index (χ0v) is 9.44. The molecule has 84 valence electrons. The van der Waals surface area contributed by atoms with Crippen molar-refractivity contribution in [1.29, 1.82) is 0 Å². The minimum Gasteiger partial charge on any atom is -0.352 e. The minimum absolute atomic E-state index is 0.00454. The maximum absolute atomic E-state index is 11.6. The highest BCUT2D eigenvalue weighted by molar-refractivity contribution is 5.78. The molecule has 16 heavy (non-hydrogen) atoms. The smallest absolute Gasteiger partial charge is 0.224 e. The molecule has 1 aromatic heterocycles. The highest BCUT2D eigenvalue weighted by Crippen LogP contribution is 2.00. The zero-order valence-electron chi connectivity index (χ0n) is 9.44. The van der Waals surface area contributed by atoms with E-state index in [0.717, 1.165) is 12.0 Å². The topological polar surface area (TPSA) is 42.0 Å². The second-order valence-corrected chi connectivity index (χ2v) is 3.62. The molecule has 0 bridgehead atoms. The van der Waals surface area contributed by atoms with Crippen LogP contribution in [0.4, 0.5) is 0 Å². The molecule has 1 unspecified atom stereocenters. The van der Waals surface area contributed by atoms with Crippen LogP contribution in [0.3, 0.4) is 0 Å². The van der Waals surface area contributed by atoms with Gasteiger partial charge < -0.3 is 5.32 Å². The minimum atomic E-state index is -0.00454. The first-order valence-corrected chi connectivity index (χ1v) is 5.38. The maximum atomic E-state index is 11.6. The Balaban J connectivity index is 2.44. The van der Waals surface area contributed by atoms with E-state index in [1.807, 2.05) is 19.1 Å². The normalized spacial score (nSPS) is 11.5. The number of aromatic nitrogens is 1. The molecule has 0 saturated carbocycles. The Morgan fingerprint density at radius 2 is 2.50 bits per heavy atom. The second-order valence-electron chi connectivity index (χ2n) is 3.62. The van der Waals surface area contributed by atoms with Crippen LogP contribution >= 0.6 is 0 Å². The lowest BCUT2D eigenvalue weighted by Gasteiger charge is -2.13. The van der Waals surface area contributed by atoms with Crippen molar-refractivity contribution in [3.8, 4) is 12.3 Å². The lowest BCUT2D eigenvalue weighted by atomic mass is 10.1. The first-order chi connectivity index (χ1) is 7.76. The van der Waals surface area contributed by atoms with Gasteiger partial charge in [0.05, 0.1) is 6.42 Å². The van der Waals surface area contributed by atoms with Crippen molar-refractivity contribution >= 4 is 5.91 Å². The lowest BCUT2D eigenvalue weighted by molar-refractivity contribution is -0.121. The van der Waals surface area contributed by atoms with Crippen molar-refractivity contribution in [2.75, 3.05) is 0 Å². The Morgan fingerprint density at radius 3 is 3.06 bits per heavy atom. The summed E-state index contributed by atoms with van der Waals surface area (Å²) in [4.78, 5) is 15.6. The third-order valence-electron chi connectivity index (χ3n) is 2.31. The summed E-state index contributed by atoms with van der Waals surface area (Å²) in [5, 5.41) is 2.91. The van der Waals surface area contributed by atoms with Gasteiger partial charge in [0.2, 0.25) is 5.91 Å². The van der Waals surface area contributed by atoms with Gasteiger partial charge in [-0.25, -0.2) is 0 Å². The first-order valence-electron chi connectivity index (χ1n) is 5.38. The van der Waals surface area contributed by atoms with E-state index in [4.69, 9.17) is 6.42 Å². The predicted molar refractivity (Wildman–Crippen MR) is 63.6 cm³/mol. The van der Waals surface area contributed by atoms with Gasteiger partial charge in [0, 0.05) is 24.9 Å². The summed E-state index contributed by atoms with van der Waals surface area (Å²) >= 11 is 0. The third-order valence-corrected chi connectivity index (χ3v) is 2.31. The third kappa shape index (κ3) is 4.14. The summed E-state index contributed by atoms with van der Waals surface area (Å²) in [6, 6.07) is 3.78. The van der Waals surface area contributed by atoms with Crippen LogP contribution < -0.4 is 5.32 Å². The van der Waals surface area contributed by atoms with E-state index in [0.29, 0.717) is 12.8 Å². The van der Waals surface area contributed by atoms with Crippen LogP contribution in [0.2, 0.25) is 0 Å². The molecule has 0 aliphatic carbocycles. The van der Waals surface area contributed by atoms with Crippen molar-refractivity contribution in [3.05, 3.63) is 30.1 Å². The van der Waals surface area contributed by atoms with E-state index in [2.05, 4.69) is 16.2 Å². The molecule has 1 rings (SSSR count). The van der Waals surface area contributed by atoms with Crippen molar-refractivity contribution in [2.24, 2.45) is 0 Å². The molecule has 0 spiro atoms. The summed E-state index contributed by atoms with van der Waals surface area (Å²) in [5.74, 6) is 2.56. The van der Waals surface area contributed by atoms with E-state index in [9.17, 15) is 4.79 Å². The number of hydrogen-bond donors (Lipinski definition) is 1. The number of amides is 1. The number of carbonyl (C=O) groups is 1. The quantitative estimate of drug-likeness (QED) is 0.759. The monoisotopic (exact) mass is 216 g/mol. The molecule has 0 saturated heterocycles. The Morgan fingerprint density at radius 1 is 1.69 bits per heavy atom. The fraction of sp³-hybridized carbons (Fsp3) is 0.385. The highest BCUT2D eigenvalue weighted by atomic mass is 16.1. The molecular formula is C13H16N2O. The van der Waals surface area contributed by atoms with Gasteiger partial charge in [0.1, 0.15) is 0 Å². The summed E-state index contributed by atoms with van der Waals surface area (Å²) < 4.78 is 0. The summed E-state index contributed by atoms with van der Waals surface area (Å²) in [6.45, 7) is 2.01. The second kappa shape index (κ2) is 6.62. The van der Waals surface area contributed by atoms with Gasteiger partial charge in [0.15, 0.2) is 0 Å². The Labute approximate surface area is 96.3 Å². The molecule has 0 fully saturated rings. The molecular weight excluding hydrogens is 200 g/mol. The molecule has 1 N–H and O–H groups in total. The summed E-state index contributed by atoms with van der Waals surface area (Å²) in [5.41, 5.74) is 0.913. The molecule has 3 heteroatoms. The van der Waals surface area contributed by atoms with Crippen LogP contribution in [0.15, 0.2) is 24.5 Å². The lowest BCUT2D eigenvalue weighted by Crippen LogP contribution is -2.35. The van der Waals surface area contributed by atoms with Crippen LogP contribution in [-0.4, -0.2) is 16.9 Å². The van der Waals surface area contributed by atoms with Crippen LogP contribution in [-0.2, 0) is 11.2 Å². The average Bonchev–Trinajstić information content (AvgIpc) is 2.29. The molecule has 0 radical (unpaired) electrons.